The fraction of sp³-hybridized carbons (Fsp3) is 0.200. The van der Waals surface area contributed by atoms with Gasteiger partial charge in [0.1, 0.15) is 5.54 Å². The first-order valence-electron chi connectivity index (χ1n) is 9.38. The quantitative estimate of drug-likeness (QED) is 0.443. The minimum atomic E-state index is -1.26. The number of carbonyl (C=O) groups is 3. The average molecular weight is 437 g/mol. The molecule has 1 saturated heterocycles. The lowest BCUT2D eigenvalue weighted by atomic mass is 9.92. The Balaban J connectivity index is 1.42. The molecule has 3 aromatic rings. The van der Waals surface area contributed by atoms with Crippen LogP contribution in [0.2, 0.25) is 0 Å². The number of benzene rings is 2. The van der Waals surface area contributed by atoms with Crippen LogP contribution in [-0.4, -0.2) is 48.8 Å². The number of thioether (sulfide) groups is 1. The summed E-state index contributed by atoms with van der Waals surface area (Å²) in [6.07, 6.45) is 0. The highest BCUT2D eigenvalue weighted by molar-refractivity contribution is 7.99. The first-order valence-corrected chi connectivity index (χ1v) is 10.4. The predicted octanol–water partition coefficient (Wildman–Crippen LogP) is 1.56. The molecular formula is C20H19N7O3S. The second kappa shape index (κ2) is 8.19. The number of nitrogens with one attached hydrogen (secondary N) is 2. The largest absolute Gasteiger partial charge is 0.344 e. The normalized spacial score (nSPS) is 18.2. The number of hydrogen-bond acceptors (Lipinski definition) is 7. The van der Waals surface area contributed by atoms with Gasteiger partial charge in [-0.2, -0.15) is 9.69 Å². The van der Waals surface area contributed by atoms with Crippen molar-refractivity contribution in [3.8, 4) is 5.69 Å². The van der Waals surface area contributed by atoms with Crippen LogP contribution in [0.5, 0.6) is 0 Å². The molecule has 0 saturated carbocycles. The van der Waals surface area contributed by atoms with Crippen LogP contribution in [0.4, 0.5) is 4.79 Å². The van der Waals surface area contributed by atoms with Crippen LogP contribution in [0.15, 0.2) is 59.8 Å². The zero-order valence-corrected chi connectivity index (χ0v) is 17.6. The molecule has 1 fully saturated rings. The van der Waals surface area contributed by atoms with Gasteiger partial charge in [0, 0.05) is 0 Å². The Labute approximate surface area is 182 Å². The number of carbonyl (C=O) groups excluding carboxylic acids is 3. The predicted molar refractivity (Wildman–Crippen MR) is 112 cm³/mol. The third-order valence-electron chi connectivity index (χ3n) is 4.80. The van der Waals surface area contributed by atoms with Gasteiger partial charge in [-0.1, -0.05) is 54.2 Å². The van der Waals surface area contributed by atoms with Crippen LogP contribution in [-0.2, 0) is 15.1 Å². The topological polar surface area (TPSA) is 122 Å². The van der Waals surface area contributed by atoms with Gasteiger partial charge in [0.2, 0.25) is 11.1 Å². The molecule has 2 heterocycles. The maximum Gasteiger partial charge on any atom is 0.344 e. The molecule has 31 heavy (non-hydrogen) atoms. The van der Waals surface area contributed by atoms with Crippen molar-refractivity contribution >= 4 is 29.6 Å². The molecule has 2 aromatic carbocycles. The summed E-state index contributed by atoms with van der Waals surface area (Å²) in [5, 5.41) is 15.3. The number of imide groups is 1. The Morgan fingerprint density at radius 3 is 2.68 bits per heavy atom. The van der Waals surface area contributed by atoms with Gasteiger partial charge in [0.15, 0.2) is 0 Å². The van der Waals surface area contributed by atoms with Crippen LogP contribution in [0.3, 0.4) is 0 Å². The Morgan fingerprint density at radius 1 is 1.16 bits per heavy atom. The summed E-state index contributed by atoms with van der Waals surface area (Å²) >= 11 is 1.09. The molecule has 1 aromatic heterocycles. The van der Waals surface area contributed by atoms with Gasteiger partial charge >= 0.3 is 6.03 Å². The molecule has 1 unspecified atom stereocenters. The van der Waals surface area contributed by atoms with E-state index in [1.807, 2.05) is 37.3 Å². The second-order valence-electron chi connectivity index (χ2n) is 7.10. The summed E-state index contributed by atoms with van der Waals surface area (Å²) in [6.45, 7) is 3.55. The van der Waals surface area contributed by atoms with Crippen molar-refractivity contribution in [2.24, 2.45) is 0 Å². The lowest BCUT2D eigenvalue weighted by Crippen LogP contribution is -2.48. The van der Waals surface area contributed by atoms with E-state index in [1.165, 1.54) is 4.68 Å². The van der Waals surface area contributed by atoms with E-state index >= 15 is 0 Å². The molecule has 0 spiro atoms. The third kappa shape index (κ3) is 3.99. The highest BCUT2D eigenvalue weighted by Crippen LogP contribution is 2.27. The highest BCUT2D eigenvalue weighted by atomic mass is 32.2. The zero-order valence-electron chi connectivity index (χ0n) is 16.8. The number of hydrogen-bond donors (Lipinski definition) is 2. The van der Waals surface area contributed by atoms with Crippen molar-refractivity contribution in [2.75, 3.05) is 5.75 Å². The molecule has 4 rings (SSSR count). The second-order valence-corrected chi connectivity index (χ2v) is 8.04. The monoisotopic (exact) mass is 437 g/mol. The maximum absolute atomic E-state index is 12.9. The van der Waals surface area contributed by atoms with Gasteiger partial charge in [-0.25, -0.2) is 4.79 Å². The summed E-state index contributed by atoms with van der Waals surface area (Å²) in [5.41, 5.74) is 3.54. The number of nitrogens with zero attached hydrogens (tertiary/aromatic N) is 5. The van der Waals surface area contributed by atoms with Crippen molar-refractivity contribution < 1.29 is 14.4 Å². The summed E-state index contributed by atoms with van der Waals surface area (Å²) in [4.78, 5) is 37.7. The highest BCUT2D eigenvalue weighted by Gasteiger charge is 2.49. The number of aryl methyl sites for hydroxylation is 1. The fourth-order valence-electron chi connectivity index (χ4n) is 3.19. The van der Waals surface area contributed by atoms with Crippen molar-refractivity contribution in [2.45, 2.75) is 24.5 Å². The first-order chi connectivity index (χ1) is 14.9. The molecule has 0 aliphatic carbocycles. The number of hydrazine groups is 1. The first kappa shape index (κ1) is 20.5. The molecule has 1 aliphatic heterocycles. The van der Waals surface area contributed by atoms with E-state index in [1.54, 1.807) is 31.2 Å². The van der Waals surface area contributed by atoms with Crippen LogP contribution in [0.1, 0.15) is 18.1 Å². The van der Waals surface area contributed by atoms with E-state index in [0.29, 0.717) is 15.7 Å². The molecule has 4 amide bonds. The van der Waals surface area contributed by atoms with Gasteiger partial charge in [0.25, 0.3) is 5.91 Å². The summed E-state index contributed by atoms with van der Waals surface area (Å²) in [6, 6.07) is 15.8. The van der Waals surface area contributed by atoms with Gasteiger partial charge < -0.3 is 5.32 Å². The Kier molecular flexibility index (Phi) is 5.42. The summed E-state index contributed by atoms with van der Waals surface area (Å²) in [7, 11) is 0. The van der Waals surface area contributed by atoms with Crippen molar-refractivity contribution in [1.29, 1.82) is 0 Å². The summed E-state index contributed by atoms with van der Waals surface area (Å²) < 4.78 is 1.52. The number of amides is 4. The van der Waals surface area contributed by atoms with E-state index < -0.39 is 23.4 Å². The maximum atomic E-state index is 12.9. The van der Waals surface area contributed by atoms with E-state index in [4.69, 9.17) is 0 Å². The molecular weight excluding hydrogens is 418 g/mol. The van der Waals surface area contributed by atoms with Gasteiger partial charge in [-0.3, -0.25) is 15.0 Å². The Hall–Kier alpha value is -3.73. The lowest BCUT2D eigenvalue weighted by molar-refractivity contribution is -0.138. The number of aromatic nitrogens is 4. The number of urea groups is 1. The van der Waals surface area contributed by atoms with Crippen LogP contribution >= 0.6 is 11.8 Å². The SMILES string of the molecule is Cc1cccc(-n2nnnc2SCC(=O)NN2C(=O)NC(C)(c3ccccc3)C2=O)c1. The van der Waals surface area contributed by atoms with E-state index in [9.17, 15) is 14.4 Å². The molecule has 2 N–H and O–H groups in total. The molecule has 0 bridgehead atoms. The lowest BCUT2D eigenvalue weighted by Gasteiger charge is -2.22. The van der Waals surface area contributed by atoms with Gasteiger partial charge in [0.05, 0.1) is 11.4 Å². The number of rotatable bonds is 6. The molecule has 0 radical (unpaired) electrons. The summed E-state index contributed by atoms with van der Waals surface area (Å²) in [5.74, 6) is -1.19. The smallest absolute Gasteiger partial charge is 0.318 e. The zero-order chi connectivity index (χ0) is 22.0. The average Bonchev–Trinajstić information content (AvgIpc) is 3.32. The van der Waals surface area contributed by atoms with Crippen LogP contribution in [0, 0.1) is 6.92 Å². The van der Waals surface area contributed by atoms with Crippen molar-refractivity contribution in [3.63, 3.8) is 0 Å². The van der Waals surface area contributed by atoms with Crippen molar-refractivity contribution in [1.82, 2.24) is 36.0 Å². The van der Waals surface area contributed by atoms with Gasteiger partial charge in [-0.05, 0) is 47.5 Å². The third-order valence-corrected chi connectivity index (χ3v) is 5.72. The Morgan fingerprint density at radius 2 is 1.94 bits per heavy atom. The molecule has 10 nitrogen and oxygen atoms in total. The van der Waals surface area contributed by atoms with Crippen LogP contribution in [0.25, 0.3) is 5.69 Å². The minimum absolute atomic E-state index is 0.0920. The number of tetrazole rings is 1. The minimum Gasteiger partial charge on any atom is -0.318 e. The fourth-order valence-corrected chi connectivity index (χ4v) is 3.87. The molecule has 1 aliphatic rings. The molecule has 158 valence electrons. The van der Waals surface area contributed by atoms with Crippen LogP contribution < -0.4 is 10.7 Å². The van der Waals surface area contributed by atoms with E-state index in [2.05, 4.69) is 26.3 Å². The molecule has 1 atom stereocenters. The van der Waals surface area contributed by atoms with Gasteiger partial charge in [-0.15, -0.1) is 5.10 Å². The standard InChI is InChI=1S/C20H19N7O3S/c1-13-7-6-10-15(11-13)26-19(22-24-25-26)31-12-16(28)23-27-17(29)20(2,21-18(27)30)14-8-4-3-5-9-14/h3-11H,12H2,1-2H3,(H,21,30)(H,23,28). The van der Waals surface area contributed by atoms with E-state index in [0.717, 1.165) is 23.0 Å². The Bertz CT molecular complexity index is 1150. The van der Waals surface area contributed by atoms with Crippen molar-refractivity contribution in [3.05, 3.63) is 65.7 Å². The van der Waals surface area contributed by atoms with E-state index in [-0.39, 0.29) is 5.75 Å². The molecule has 11 heteroatoms.